The third-order valence-corrected chi connectivity index (χ3v) is 2.90. The summed E-state index contributed by atoms with van der Waals surface area (Å²) < 4.78 is 10.5. The van der Waals surface area contributed by atoms with Crippen molar-refractivity contribution in [1.82, 2.24) is 4.98 Å². The van der Waals surface area contributed by atoms with E-state index in [0.29, 0.717) is 17.1 Å². The first-order valence-electron chi connectivity index (χ1n) is 6.85. The summed E-state index contributed by atoms with van der Waals surface area (Å²) in [7, 11) is 1.57. The van der Waals surface area contributed by atoms with E-state index in [1.54, 1.807) is 56.6 Å². The molecule has 1 aromatic heterocycles. The number of amidine groups is 1. The zero-order valence-corrected chi connectivity index (χ0v) is 12.8. The standard InChI is InChI=1S/C16H17N3O4/c1-11(22-14-7-5-13(21-2)6-8-14)16(20)23-19-15(17)12-4-3-9-18-10-12/h3-11H,1-2H3,(H2,17,19)/t11-/m0/s1. The monoisotopic (exact) mass is 315 g/mol. The molecular weight excluding hydrogens is 298 g/mol. The third kappa shape index (κ3) is 4.70. The fraction of sp³-hybridized carbons (Fsp3) is 0.188. The number of nitrogens with two attached hydrogens (primary N) is 1. The van der Waals surface area contributed by atoms with Crippen molar-refractivity contribution in [1.29, 1.82) is 0 Å². The largest absolute Gasteiger partial charge is 0.497 e. The lowest BCUT2D eigenvalue weighted by molar-refractivity contribution is -0.151. The van der Waals surface area contributed by atoms with E-state index < -0.39 is 12.1 Å². The Morgan fingerprint density at radius 1 is 1.22 bits per heavy atom. The highest BCUT2D eigenvalue weighted by Crippen LogP contribution is 2.18. The Labute approximate surface area is 133 Å². The lowest BCUT2D eigenvalue weighted by Gasteiger charge is -2.12. The van der Waals surface area contributed by atoms with Crippen LogP contribution >= 0.6 is 0 Å². The van der Waals surface area contributed by atoms with Crippen LogP contribution in [0.5, 0.6) is 11.5 Å². The summed E-state index contributed by atoms with van der Waals surface area (Å²) in [5.74, 6) is 0.608. The van der Waals surface area contributed by atoms with Crippen molar-refractivity contribution in [3.8, 4) is 11.5 Å². The van der Waals surface area contributed by atoms with E-state index in [-0.39, 0.29) is 5.84 Å². The number of aromatic nitrogens is 1. The number of carbonyl (C=O) groups excluding carboxylic acids is 1. The van der Waals surface area contributed by atoms with Gasteiger partial charge in [0, 0.05) is 18.0 Å². The molecule has 1 aromatic carbocycles. The molecule has 0 aliphatic heterocycles. The topological polar surface area (TPSA) is 96.0 Å². The van der Waals surface area contributed by atoms with E-state index in [4.69, 9.17) is 20.0 Å². The summed E-state index contributed by atoms with van der Waals surface area (Å²) in [5, 5.41) is 3.59. The summed E-state index contributed by atoms with van der Waals surface area (Å²) in [4.78, 5) is 20.5. The molecule has 1 atom stereocenters. The van der Waals surface area contributed by atoms with Crippen LogP contribution in [0, 0.1) is 0 Å². The summed E-state index contributed by atoms with van der Waals surface area (Å²) in [6.07, 6.45) is 2.28. The fourth-order valence-corrected chi connectivity index (χ4v) is 1.64. The molecule has 7 heteroatoms. The first kappa shape index (κ1) is 16.3. The quantitative estimate of drug-likeness (QED) is 0.377. The van der Waals surface area contributed by atoms with Gasteiger partial charge < -0.3 is 20.0 Å². The van der Waals surface area contributed by atoms with Gasteiger partial charge in [-0.2, -0.15) is 0 Å². The van der Waals surface area contributed by atoms with Gasteiger partial charge in [0.15, 0.2) is 11.9 Å². The Bertz CT molecular complexity index is 671. The number of methoxy groups -OCH3 is 1. The highest BCUT2D eigenvalue weighted by Gasteiger charge is 2.17. The lowest BCUT2D eigenvalue weighted by atomic mass is 10.3. The summed E-state index contributed by atoms with van der Waals surface area (Å²) in [5.41, 5.74) is 6.27. The average Bonchev–Trinajstić information content (AvgIpc) is 2.60. The van der Waals surface area contributed by atoms with Gasteiger partial charge in [-0.05, 0) is 43.3 Å². The Balaban J connectivity index is 1.91. The van der Waals surface area contributed by atoms with Gasteiger partial charge in [-0.3, -0.25) is 4.98 Å². The van der Waals surface area contributed by atoms with E-state index in [2.05, 4.69) is 10.1 Å². The van der Waals surface area contributed by atoms with Crippen LogP contribution in [-0.4, -0.2) is 30.0 Å². The van der Waals surface area contributed by atoms with Crippen molar-refractivity contribution in [2.75, 3.05) is 7.11 Å². The molecule has 0 spiro atoms. The second kappa shape index (κ2) is 7.79. The molecule has 2 aromatic rings. The molecule has 0 saturated heterocycles. The van der Waals surface area contributed by atoms with Gasteiger partial charge in [-0.1, -0.05) is 5.16 Å². The molecular formula is C16H17N3O4. The number of benzene rings is 1. The molecule has 120 valence electrons. The molecule has 0 saturated carbocycles. The van der Waals surface area contributed by atoms with Crippen molar-refractivity contribution in [3.05, 3.63) is 54.4 Å². The smallest absolute Gasteiger partial charge is 0.374 e. The Morgan fingerprint density at radius 3 is 2.52 bits per heavy atom. The second-order valence-corrected chi connectivity index (χ2v) is 4.56. The van der Waals surface area contributed by atoms with E-state index in [0.717, 1.165) is 0 Å². The molecule has 0 fully saturated rings. The molecule has 2 rings (SSSR count). The number of nitrogens with zero attached hydrogens (tertiary/aromatic N) is 2. The van der Waals surface area contributed by atoms with Gasteiger partial charge in [0.25, 0.3) is 0 Å². The Hall–Kier alpha value is -3.09. The van der Waals surface area contributed by atoms with Crippen molar-refractivity contribution in [3.63, 3.8) is 0 Å². The van der Waals surface area contributed by atoms with Crippen LogP contribution in [0.25, 0.3) is 0 Å². The predicted octanol–water partition coefficient (Wildman–Crippen LogP) is 1.72. The summed E-state index contributed by atoms with van der Waals surface area (Å²) >= 11 is 0. The fourth-order valence-electron chi connectivity index (χ4n) is 1.64. The molecule has 0 unspecified atom stereocenters. The Morgan fingerprint density at radius 2 is 1.91 bits per heavy atom. The molecule has 1 heterocycles. The van der Waals surface area contributed by atoms with E-state index >= 15 is 0 Å². The number of hydrogen-bond donors (Lipinski definition) is 1. The number of carbonyl (C=O) groups is 1. The van der Waals surface area contributed by atoms with Crippen molar-refractivity contribution < 1.29 is 19.1 Å². The number of ether oxygens (including phenoxy) is 2. The van der Waals surface area contributed by atoms with Crippen LogP contribution in [0.15, 0.2) is 53.9 Å². The normalized spacial score (nSPS) is 12.3. The zero-order chi connectivity index (χ0) is 16.7. The first-order chi connectivity index (χ1) is 11.1. The zero-order valence-electron chi connectivity index (χ0n) is 12.8. The van der Waals surface area contributed by atoms with Gasteiger partial charge in [0.1, 0.15) is 11.5 Å². The molecule has 0 aliphatic carbocycles. The molecule has 7 nitrogen and oxygen atoms in total. The van der Waals surface area contributed by atoms with Gasteiger partial charge in [0.05, 0.1) is 7.11 Å². The molecule has 0 aliphatic rings. The van der Waals surface area contributed by atoms with Crippen LogP contribution in [0.4, 0.5) is 0 Å². The van der Waals surface area contributed by atoms with Crippen LogP contribution in [0.2, 0.25) is 0 Å². The molecule has 0 amide bonds. The highest BCUT2D eigenvalue weighted by atomic mass is 16.7. The minimum atomic E-state index is -0.839. The molecule has 2 N–H and O–H groups in total. The van der Waals surface area contributed by atoms with Gasteiger partial charge >= 0.3 is 5.97 Å². The van der Waals surface area contributed by atoms with Crippen molar-refractivity contribution in [2.24, 2.45) is 10.9 Å². The van der Waals surface area contributed by atoms with Gasteiger partial charge in [-0.15, -0.1) is 0 Å². The van der Waals surface area contributed by atoms with Crippen LogP contribution in [0.1, 0.15) is 12.5 Å². The highest BCUT2D eigenvalue weighted by molar-refractivity contribution is 5.97. The van der Waals surface area contributed by atoms with E-state index in [1.807, 2.05) is 0 Å². The molecule has 0 bridgehead atoms. The number of oxime groups is 1. The molecule has 0 radical (unpaired) electrons. The predicted molar refractivity (Wildman–Crippen MR) is 84.1 cm³/mol. The number of rotatable bonds is 6. The Kier molecular flexibility index (Phi) is 5.51. The first-order valence-corrected chi connectivity index (χ1v) is 6.85. The van der Waals surface area contributed by atoms with Crippen molar-refractivity contribution >= 4 is 11.8 Å². The second-order valence-electron chi connectivity index (χ2n) is 4.56. The van der Waals surface area contributed by atoms with Crippen LogP contribution < -0.4 is 15.2 Å². The van der Waals surface area contributed by atoms with Crippen molar-refractivity contribution in [2.45, 2.75) is 13.0 Å². The summed E-state index contributed by atoms with van der Waals surface area (Å²) in [6.45, 7) is 1.56. The SMILES string of the molecule is COc1ccc(O[C@@H](C)C(=O)O/N=C(/N)c2cccnc2)cc1. The van der Waals surface area contributed by atoms with Crippen LogP contribution in [0.3, 0.4) is 0 Å². The number of pyridine rings is 1. The van der Waals surface area contributed by atoms with Gasteiger partial charge in [0.2, 0.25) is 0 Å². The molecule has 23 heavy (non-hydrogen) atoms. The van der Waals surface area contributed by atoms with Crippen LogP contribution in [-0.2, 0) is 9.63 Å². The van der Waals surface area contributed by atoms with E-state index in [9.17, 15) is 4.79 Å². The van der Waals surface area contributed by atoms with E-state index in [1.165, 1.54) is 6.20 Å². The maximum atomic E-state index is 11.9. The third-order valence-electron chi connectivity index (χ3n) is 2.90. The number of hydrogen-bond acceptors (Lipinski definition) is 6. The lowest BCUT2D eigenvalue weighted by Crippen LogP contribution is -2.26. The average molecular weight is 315 g/mol. The summed E-state index contributed by atoms with van der Waals surface area (Å²) in [6, 6.07) is 10.2. The van der Waals surface area contributed by atoms with Gasteiger partial charge in [-0.25, -0.2) is 4.79 Å². The maximum Gasteiger partial charge on any atom is 0.374 e. The maximum absolute atomic E-state index is 11.9. The minimum absolute atomic E-state index is 0.0584. The minimum Gasteiger partial charge on any atom is -0.497 e.